The number of benzene rings is 2. The van der Waals surface area contributed by atoms with Gasteiger partial charge in [0.2, 0.25) is 5.91 Å². The molecule has 0 fully saturated rings. The molecule has 1 heterocycles. The number of carbonyl (C=O) groups is 2. The molecule has 0 saturated carbocycles. The van der Waals surface area contributed by atoms with Gasteiger partial charge in [0.25, 0.3) is 0 Å². The van der Waals surface area contributed by atoms with Crippen molar-refractivity contribution in [3.05, 3.63) is 76.6 Å². The SMILES string of the molecule is Cc1ccccc1-n1nc(C(=O)Oc2cccc(C(N)=O)c2)c2c1CCC2. The summed E-state index contributed by atoms with van der Waals surface area (Å²) in [7, 11) is 0. The smallest absolute Gasteiger partial charge is 0.364 e. The molecule has 3 aromatic rings. The molecule has 0 saturated heterocycles. The highest BCUT2D eigenvalue weighted by Gasteiger charge is 2.28. The highest BCUT2D eigenvalue weighted by Crippen LogP contribution is 2.29. The van der Waals surface area contributed by atoms with E-state index in [1.54, 1.807) is 18.2 Å². The number of hydrogen-bond acceptors (Lipinski definition) is 4. The van der Waals surface area contributed by atoms with Crippen LogP contribution in [0.15, 0.2) is 48.5 Å². The van der Waals surface area contributed by atoms with Crippen LogP contribution in [0.4, 0.5) is 0 Å². The Bertz CT molecular complexity index is 1050. The first-order valence-electron chi connectivity index (χ1n) is 8.83. The van der Waals surface area contributed by atoms with Gasteiger partial charge >= 0.3 is 5.97 Å². The zero-order valence-corrected chi connectivity index (χ0v) is 14.9. The molecular formula is C21H19N3O3. The van der Waals surface area contributed by atoms with Crippen molar-refractivity contribution in [3.63, 3.8) is 0 Å². The van der Waals surface area contributed by atoms with Crippen LogP contribution in [0, 0.1) is 6.92 Å². The Labute approximate surface area is 156 Å². The molecule has 27 heavy (non-hydrogen) atoms. The van der Waals surface area contributed by atoms with Crippen molar-refractivity contribution in [2.75, 3.05) is 0 Å². The second-order valence-electron chi connectivity index (χ2n) is 6.61. The molecule has 6 nitrogen and oxygen atoms in total. The summed E-state index contributed by atoms with van der Waals surface area (Å²) in [6, 6.07) is 14.2. The number of para-hydroxylation sites is 1. The third-order valence-electron chi connectivity index (χ3n) is 4.80. The molecule has 0 unspecified atom stereocenters. The molecular weight excluding hydrogens is 342 g/mol. The Hall–Kier alpha value is -3.41. The van der Waals surface area contributed by atoms with Crippen LogP contribution in [-0.2, 0) is 12.8 Å². The number of nitrogens with two attached hydrogens (primary N) is 1. The largest absolute Gasteiger partial charge is 0.422 e. The van der Waals surface area contributed by atoms with Crippen LogP contribution < -0.4 is 10.5 Å². The molecule has 0 atom stereocenters. The summed E-state index contributed by atoms with van der Waals surface area (Å²) < 4.78 is 7.33. The minimum atomic E-state index is -0.572. The zero-order chi connectivity index (χ0) is 19.0. The molecule has 1 amide bonds. The van der Waals surface area contributed by atoms with Crippen LogP contribution in [0.25, 0.3) is 5.69 Å². The first-order valence-corrected chi connectivity index (χ1v) is 8.83. The molecule has 1 aromatic heterocycles. The maximum absolute atomic E-state index is 12.8. The predicted octanol–water partition coefficient (Wildman–Crippen LogP) is 2.99. The standard InChI is InChI=1S/C21H19N3O3/c1-13-6-2-3-10-17(13)24-18-11-5-9-16(18)19(23-24)21(26)27-15-8-4-7-14(12-15)20(22)25/h2-4,6-8,10,12H,5,9,11H2,1H3,(H2,22,25). The van der Waals surface area contributed by atoms with E-state index in [4.69, 9.17) is 10.5 Å². The lowest BCUT2D eigenvalue weighted by Gasteiger charge is -2.08. The number of nitrogens with zero attached hydrogens (tertiary/aromatic N) is 2. The van der Waals surface area contributed by atoms with E-state index < -0.39 is 11.9 Å². The lowest BCUT2D eigenvalue weighted by molar-refractivity contribution is 0.0726. The summed E-state index contributed by atoms with van der Waals surface area (Å²) in [4.78, 5) is 24.1. The van der Waals surface area contributed by atoms with Gasteiger partial charge in [-0.3, -0.25) is 4.79 Å². The monoisotopic (exact) mass is 361 g/mol. The molecule has 2 aromatic carbocycles. The lowest BCUT2D eigenvalue weighted by atomic mass is 10.2. The van der Waals surface area contributed by atoms with E-state index in [2.05, 4.69) is 5.10 Å². The molecule has 1 aliphatic rings. The van der Waals surface area contributed by atoms with E-state index in [9.17, 15) is 9.59 Å². The summed E-state index contributed by atoms with van der Waals surface area (Å²) in [6.07, 6.45) is 2.66. The van der Waals surface area contributed by atoms with Crippen LogP contribution in [0.1, 0.15) is 44.1 Å². The molecule has 0 aliphatic heterocycles. The second-order valence-corrected chi connectivity index (χ2v) is 6.61. The maximum Gasteiger partial charge on any atom is 0.364 e. The quantitative estimate of drug-likeness (QED) is 0.572. The molecule has 1 aliphatic carbocycles. The van der Waals surface area contributed by atoms with Crippen LogP contribution >= 0.6 is 0 Å². The first-order chi connectivity index (χ1) is 13.0. The van der Waals surface area contributed by atoms with Crippen molar-refractivity contribution in [1.29, 1.82) is 0 Å². The lowest BCUT2D eigenvalue weighted by Crippen LogP contribution is -2.14. The van der Waals surface area contributed by atoms with Crippen LogP contribution in [0.3, 0.4) is 0 Å². The highest BCUT2D eigenvalue weighted by atomic mass is 16.5. The van der Waals surface area contributed by atoms with Crippen LogP contribution in [-0.4, -0.2) is 21.7 Å². The van der Waals surface area contributed by atoms with Crippen LogP contribution in [0.5, 0.6) is 5.75 Å². The topological polar surface area (TPSA) is 87.2 Å². The fourth-order valence-electron chi connectivity index (χ4n) is 3.47. The van der Waals surface area contributed by atoms with E-state index in [1.165, 1.54) is 6.07 Å². The Morgan fingerprint density at radius 2 is 1.93 bits per heavy atom. The Kier molecular flexibility index (Phi) is 4.24. The Balaban J connectivity index is 1.70. The molecule has 0 spiro atoms. The minimum absolute atomic E-state index is 0.272. The van der Waals surface area contributed by atoms with Gasteiger partial charge in [-0.1, -0.05) is 24.3 Å². The average Bonchev–Trinajstić information content (AvgIpc) is 3.25. The number of rotatable bonds is 4. The van der Waals surface area contributed by atoms with E-state index >= 15 is 0 Å². The molecule has 4 rings (SSSR count). The normalized spacial score (nSPS) is 12.6. The number of carbonyl (C=O) groups excluding carboxylic acids is 2. The van der Waals surface area contributed by atoms with Crippen molar-refractivity contribution < 1.29 is 14.3 Å². The number of ether oxygens (including phenoxy) is 1. The third-order valence-corrected chi connectivity index (χ3v) is 4.80. The van der Waals surface area contributed by atoms with Gasteiger partial charge in [-0.15, -0.1) is 0 Å². The number of hydrogen-bond donors (Lipinski definition) is 1. The van der Waals surface area contributed by atoms with Crippen LogP contribution in [0.2, 0.25) is 0 Å². The van der Waals surface area contributed by atoms with Gasteiger partial charge in [0.1, 0.15) is 5.75 Å². The third kappa shape index (κ3) is 3.10. The first kappa shape index (κ1) is 17.0. The van der Waals surface area contributed by atoms with E-state index in [-0.39, 0.29) is 11.3 Å². The van der Waals surface area contributed by atoms with Crippen molar-refractivity contribution >= 4 is 11.9 Å². The average molecular weight is 361 g/mol. The predicted molar refractivity (Wildman–Crippen MR) is 100 cm³/mol. The van der Waals surface area contributed by atoms with Gasteiger partial charge in [0.15, 0.2) is 5.69 Å². The summed E-state index contributed by atoms with van der Waals surface area (Å²) in [5, 5.41) is 4.57. The molecule has 136 valence electrons. The van der Waals surface area contributed by atoms with E-state index in [0.717, 1.165) is 41.8 Å². The minimum Gasteiger partial charge on any atom is -0.422 e. The second kappa shape index (κ2) is 6.72. The van der Waals surface area contributed by atoms with Crippen molar-refractivity contribution in [2.45, 2.75) is 26.2 Å². The van der Waals surface area contributed by atoms with Crippen molar-refractivity contribution in [1.82, 2.24) is 9.78 Å². The Morgan fingerprint density at radius 3 is 2.70 bits per heavy atom. The molecule has 6 heteroatoms. The van der Waals surface area contributed by atoms with Crippen molar-refractivity contribution in [2.24, 2.45) is 5.73 Å². The summed E-state index contributed by atoms with van der Waals surface area (Å²) in [6.45, 7) is 2.02. The van der Waals surface area contributed by atoms with Gasteiger partial charge in [-0.2, -0.15) is 5.10 Å². The summed E-state index contributed by atoms with van der Waals surface area (Å²) in [5.41, 5.74) is 9.95. The van der Waals surface area contributed by atoms with Gasteiger partial charge in [-0.25, -0.2) is 9.48 Å². The Morgan fingerprint density at radius 1 is 1.11 bits per heavy atom. The van der Waals surface area contributed by atoms with Crippen molar-refractivity contribution in [3.8, 4) is 11.4 Å². The number of amides is 1. The molecule has 0 radical (unpaired) electrons. The number of aromatic nitrogens is 2. The number of fused-ring (bicyclic) bond motifs is 1. The fourth-order valence-corrected chi connectivity index (χ4v) is 3.47. The number of esters is 1. The molecule has 2 N–H and O–H groups in total. The van der Waals surface area contributed by atoms with Gasteiger partial charge in [-0.05, 0) is 56.0 Å². The van der Waals surface area contributed by atoms with E-state index in [0.29, 0.717) is 5.69 Å². The molecule has 0 bridgehead atoms. The number of aryl methyl sites for hydroxylation is 1. The van der Waals surface area contributed by atoms with Gasteiger partial charge in [0, 0.05) is 16.8 Å². The summed E-state index contributed by atoms with van der Waals surface area (Å²) >= 11 is 0. The van der Waals surface area contributed by atoms with Gasteiger partial charge in [0.05, 0.1) is 5.69 Å². The van der Waals surface area contributed by atoms with E-state index in [1.807, 2.05) is 35.9 Å². The number of primary amides is 1. The maximum atomic E-state index is 12.8. The summed E-state index contributed by atoms with van der Waals surface area (Å²) in [5.74, 6) is -0.826. The van der Waals surface area contributed by atoms with Gasteiger partial charge < -0.3 is 10.5 Å². The highest BCUT2D eigenvalue weighted by molar-refractivity contribution is 5.94. The fraction of sp³-hybridized carbons (Fsp3) is 0.190. The zero-order valence-electron chi connectivity index (χ0n) is 14.9.